The second-order valence-corrected chi connectivity index (χ2v) is 7.31. The van der Waals surface area contributed by atoms with Crippen molar-refractivity contribution in [2.24, 2.45) is 0 Å². The Hall–Kier alpha value is -1.51. The number of carboxylic acid groups (broad SMARTS) is 1. The van der Waals surface area contributed by atoms with Gasteiger partial charge in [0.1, 0.15) is 5.75 Å². The SMILES string of the molecule is C[C@@H](Oc1ccc(C(C)(C)C)cc1C(C)(C)C)C(=O)O. The van der Waals surface area contributed by atoms with Crippen LogP contribution in [0.2, 0.25) is 0 Å². The Bertz CT molecular complexity index is 490. The first-order valence-electron chi connectivity index (χ1n) is 6.97. The number of rotatable bonds is 3. The molecule has 0 aliphatic rings. The van der Waals surface area contributed by atoms with Gasteiger partial charge in [-0.2, -0.15) is 0 Å². The van der Waals surface area contributed by atoms with Gasteiger partial charge < -0.3 is 9.84 Å². The fourth-order valence-corrected chi connectivity index (χ4v) is 1.93. The van der Waals surface area contributed by atoms with Gasteiger partial charge in [0.05, 0.1) is 0 Å². The largest absolute Gasteiger partial charge is 0.479 e. The Balaban J connectivity index is 3.28. The molecule has 112 valence electrons. The summed E-state index contributed by atoms with van der Waals surface area (Å²) < 4.78 is 5.60. The van der Waals surface area contributed by atoms with Crippen molar-refractivity contribution in [3.8, 4) is 5.75 Å². The van der Waals surface area contributed by atoms with Gasteiger partial charge in [0.25, 0.3) is 0 Å². The van der Waals surface area contributed by atoms with Crippen LogP contribution in [0.25, 0.3) is 0 Å². The number of hydrogen-bond donors (Lipinski definition) is 1. The molecule has 0 radical (unpaired) electrons. The highest BCUT2D eigenvalue weighted by atomic mass is 16.5. The zero-order valence-corrected chi connectivity index (χ0v) is 13.6. The second kappa shape index (κ2) is 5.47. The molecule has 1 atom stereocenters. The maximum Gasteiger partial charge on any atom is 0.344 e. The van der Waals surface area contributed by atoms with Gasteiger partial charge in [0.15, 0.2) is 6.10 Å². The fourth-order valence-electron chi connectivity index (χ4n) is 1.93. The van der Waals surface area contributed by atoms with Crippen LogP contribution >= 0.6 is 0 Å². The highest BCUT2D eigenvalue weighted by molar-refractivity contribution is 5.72. The maximum atomic E-state index is 11.0. The van der Waals surface area contributed by atoms with Crippen molar-refractivity contribution in [1.82, 2.24) is 0 Å². The lowest BCUT2D eigenvalue weighted by Gasteiger charge is -2.27. The molecule has 0 fully saturated rings. The predicted molar refractivity (Wildman–Crippen MR) is 81.6 cm³/mol. The van der Waals surface area contributed by atoms with Gasteiger partial charge in [-0.05, 0) is 34.9 Å². The number of aliphatic carboxylic acids is 1. The van der Waals surface area contributed by atoms with E-state index in [0.29, 0.717) is 5.75 Å². The fraction of sp³-hybridized carbons (Fsp3) is 0.588. The van der Waals surface area contributed by atoms with Crippen LogP contribution in [0.3, 0.4) is 0 Å². The Morgan fingerprint density at radius 3 is 2.05 bits per heavy atom. The Kier molecular flexibility index (Phi) is 4.52. The third kappa shape index (κ3) is 3.99. The maximum absolute atomic E-state index is 11.0. The molecule has 1 rings (SSSR count). The third-order valence-corrected chi connectivity index (χ3v) is 3.31. The smallest absolute Gasteiger partial charge is 0.344 e. The van der Waals surface area contributed by atoms with Crippen molar-refractivity contribution in [3.63, 3.8) is 0 Å². The Morgan fingerprint density at radius 1 is 1.10 bits per heavy atom. The number of carbonyl (C=O) groups is 1. The highest BCUT2D eigenvalue weighted by Crippen LogP contribution is 2.35. The van der Waals surface area contributed by atoms with E-state index >= 15 is 0 Å². The van der Waals surface area contributed by atoms with E-state index in [-0.39, 0.29) is 10.8 Å². The van der Waals surface area contributed by atoms with Crippen molar-refractivity contribution in [1.29, 1.82) is 0 Å². The van der Waals surface area contributed by atoms with Crippen molar-refractivity contribution in [2.75, 3.05) is 0 Å². The van der Waals surface area contributed by atoms with Crippen LogP contribution in [0.15, 0.2) is 18.2 Å². The zero-order chi connectivity index (χ0) is 15.7. The summed E-state index contributed by atoms with van der Waals surface area (Å²) in [5, 5.41) is 9.00. The zero-order valence-electron chi connectivity index (χ0n) is 13.6. The van der Waals surface area contributed by atoms with E-state index in [1.54, 1.807) is 6.92 Å². The van der Waals surface area contributed by atoms with E-state index in [1.807, 2.05) is 12.1 Å². The van der Waals surface area contributed by atoms with Crippen LogP contribution in [-0.2, 0) is 15.6 Å². The molecule has 3 heteroatoms. The van der Waals surface area contributed by atoms with E-state index in [4.69, 9.17) is 9.84 Å². The minimum atomic E-state index is -0.954. The van der Waals surface area contributed by atoms with Crippen molar-refractivity contribution in [3.05, 3.63) is 29.3 Å². The molecule has 1 aromatic rings. The van der Waals surface area contributed by atoms with Crippen LogP contribution in [0, 0.1) is 0 Å². The molecule has 0 aromatic heterocycles. The normalized spacial score (nSPS) is 13.9. The highest BCUT2D eigenvalue weighted by Gasteiger charge is 2.24. The van der Waals surface area contributed by atoms with Crippen molar-refractivity contribution in [2.45, 2.75) is 65.4 Å². The van der Waals surface area contributed by atoms with Gasteiger partial charge in [-0.25, -0.2) is 4.79 Å². The first kappa shape index (κ1) is 16.5. The van der Waals surface area contributed by atoms with E-state index in [2.05, 4.69) is 47.6 Å². The second-order valence-electron chi connectivity index (χ2n) is 7.31. The van der Waals surface area contributed by atoms with E-state index in [0.717, 1.165) is 5.56 Å². The molecule has 20 heavy (non-hydrogen) atoms. The quantitative estimate of drug-likeness (QED) is 0.904. The number of carboxylic acids is 1. The standard InChI is InChI=1S/C17H26O3/c1-11(15(18)19)20-14-9-8-12(16(2,3)4)10-13(14)17(5,6)7/h8-11H,1-7H3,(H,18,19)/t11-/m1/s1. The number of ether oxygens (including phenoxy) is 1. The van der Waals surface area contributed by atoms with Gasteiger partial charge in [0.2, 0.25) is 0 Å². The minimum absolute atomic E-state index is 0.0525. The van der Waals surface area contributed by atoms with Crippen LogP contribution in [0.5, 0.6) is 5.75 Å². The van der Waals surface area contributed by atoms with Crippen LogP contribution in [0.4, 0.5) is 0 Å². The summed E-state index contributed by atoms with van der Waals surface area (Å²) in [4.78, 5) is 11.0. The minimum Gasteiger partial charge on any atom is -0.479 e. The third-order valence-electron chi connectivity index (χ3n) is 3.31. The molecular formula is C17H26O3. The molecule has 1 N–H and O–H groups in total. The topological polar surface area (TPSA) is 46.5 Å². The average molecular weight is 278 g/mol. The van der Waals surface area contributed by atoms with E-state index in [1.165, 1.54) is 5.56 Å². The molecular weight excluding hydrogens is 252 g/mol. The summed E-state index contributed by atoms with van der Waals surface area (Å²) in [7, 11) is 0. The lowest BCUT2D eigenvalue weighted by atomic mass is 9.80. The summed E-state index contributed by atoms with van der Waals surface area (Å²) in [5.41, 5.74) is 2.21. The molecule has 0 heterocycles. The van der Waals surface area contributed by atoms with Crippen molar-refractivity contribution < 1.29 is 14.6 Å². The van der Waals surface area contributed by atoms with Crippen LogP contribution in [-0.4, -0.2) is 17.2 Å². The molecule has 0 saturated heterocycles. The van der Waals surface area contributed by atoms with Gasteiger partial charge in [-0.15, -0.1) is 0 Å². The summed E-state index contributed by atoms with van der Waals surface area (Å²) >= 11 is 0. The van der Waals surface area contributed by atoms with Gasteiger partial charge in [0, 0.05) is 0 Å². The molecule has 3 nitrogen and oxygen atoms in total. The van der Waals surface area contributed by atoms with Gasteiger partial charge in [-0.1, -0.05) is 53.7 Å². The summed E-state index contributed by atoms with van der Waals surface area (Å²) in [6.45, 7) is 14.3. The molecule has 0 spiro atoms. The van der Waals surface area contributed by atoms with Gasteiger partial charge in [-0.3, -0.25) is 0 Å². The molecule has 1 aromatic carbocycles. The first-order valence-corrected chi connectivity index (χ1v) is 6.97. The molecule has 0 unspecified atom stereocenters. The van der Waals surface area contributed by atoms with Gasteiger partial charge >= 0.3 is 5.97 Å². The van der Waals surface area contributed by atoms with E-state index < -0.39 is 12.1 Å². The van der Waals surface area contributed by atoms with E-state index in [9.17, 15) is 4.79 Å². The molecule has 0 saturated carbocycles. The number of hydrogen-bond acceptors (Lipinski definition) is 2. The molecule has 0 amide bonds. The lowest BCUT2D eigenvalue weighted by molar-refractivity contribution is -0.144. The van der Waals surface area contributed by atoms with Crippen molar-refractivity contribution >= 4 is 5.97 Å². The predicted octanol–water partition coefficient (Wildman–Crippen LogP) is 4.13. The number of benzene rings is 1. The van der Waals surface area contributed by atoms with Crippen LogP contribution < -0.4 is 4.74 Å². The summed E-state index contributed by atoms with van der Waals surface area (Å²) in [6, 6.07) is 6.03. The summed E-state index contributed by atoms with van der Waals surface area (Å²) in [6.07, 6.45) is -0.850. The Morgan fingerprint density at radius 2 is 1.65 bits per heavy atom. The summed E-state index contributed by atoms with van der Waals surface area (Å²) in [5.74, 6) is -0.301. The lowest BCUT2D eigenvalue weighted by Crippen LogP contribution is -2.25. The average Bonchev–Trinajstić information content (AvgIpc) is 2.26. The molecule has 0 aliphatic heterocycles. The molecule has 0 bridgehead atoms. The Labute approximate surface area is 122 Å². The molecule has 0 aliphatic carbocycles. The van der Waals surface area contributed by atoms with Crippen LogP contribution in [0.1, 0.15) is 59.6 Å². The first-order chi connectivity index (χ1) is 8.93. The monoisotopic (exact) mass is 278 g/mol.